The lowest BCUT2D eigenvalue weighted by Gasteiger charge is -2.09. The normalized spacial score (nSPS) is 10.3. The van der Waals surface area contributed by atoms with Crippen molar-refractivity contribution in [3.8, 4) is 11.3 Å². The molecule has 33 heavy (non-hydrogen) atoms. The largest absolute Gasteiger partial charge is 0.465 e. The van der Waals surface area contributed by atoms with Crippen LogP contribution in [0.1, 0.15) is 26.3 Å². The number of nitrogens with zero attached hydrogens (tertiary/aromatic N) is 2. The van der Waals surface area contributed by atoms with Crippen LogP contribution in [0.2, 0.25) is 5.15 Å². The molecule has 176 valence electrons. The van der Waals surface area contributed by atoms with Crippen molar-refractivity contribution in [2.24, 2.45) is 0 Å². The monoisotopic (exact) mass is 506 g/mol. The van der Waals surface area contributed by atoms with Gasteiger partial charge in [0.25, 0.3) is 0 Å². The zero-order valence-electron chi connectivity index (χ0n) is 17.0. The topological polar surface area (TPSA) is 78.4 Å². The van der Waals surface area contributed by atoms with E-state index in [2.05, 4.69) is 19.4 Å². The van der Waals surface area contributed by atoms with Gasteiger partial charge < -0.3 is 9.47 Å². The molecule has 6 nitrogen and oxygen atoms in total. The Morgan fingerprint density at radius 2 is 1.42 bits per heavy atom. The maximum atomic E-state index is 13.8. The number of methoxy groups -OCH3 is 2. The Morgan fingerprint density at radius 1 is 0.879 bits per heavy atom. The quantitative estimate of drug-likeness (QED) is 0.260. The molecule has 1 aromatic carbocycles. The lowest BCUT2D eigenvalue weighted by molar-refractivity contribution is -0.137. The number of alkyl halides is 3. The van der Waals surface area contributed by atoms with Crippen LogP contribution in [-0.4, -0.2) is 36.1 Å². The molecule has 0 fully saturated rings. The highest BCUT2D eigenvalue weighted by Crippen LogP contribution is 2.32. The number of benzene rings is 1. The third kappa shape index (κ3) is 7.69. The number of hydrogen-bond donors (Lipinski definition) is 0. The lowest BCUT2D eigenvalue weighted by Crippen LogP contribution is -2.06. The summed E-state index contributed by atoms with van der Waals surface area (Å²) in [6.07, 6.45) is -1.92. The van der Waals surface area contributed by atoms with E-state index >= 15 is 0 Å². The Labute approximate surface area is 196 Å². The van der Waals surface area contributed by atoms with Gasteiger partial charge in [0.15, 0.2) is 0 Å². The second kappa shape index (κ2) is 12.1. The van der Waals surface area contributed by atoms with E-state index in [1.165, 1.54) is 50.9 Å². The highest BCUT2D eigenvalue weighted by molar-refractivity contribution is 6.29. The number of pyridine rings is 2. The van der Waals surface area contributed by atoms with Gasteiger partial charge >= 0.3 is 18.1 Å². The first-order chi connectivity index (χ1) is 15.1. The van der Waals surface area contributed by atoms with Crippen LogP contribution in [0.3, 0.4) is 0 Å². The van der Waals surface area contributed by atoms with Crippen molar-refractivity contribution in [2.45, 2.75) is 6.18 Å². The van der Waals surface area contributed by atoms with E-state index < -0.39 is 29.5 Å². The highest BCUT2D eigenvalue weighted by atomic mass is 35.5. The van der Waals surface area contributed by atoms with Gasteiger partial charge in [-0.2, -0.15) is 13.2 Å². The van der Waals surface area contributed by atoms with Gasteiger partial charge in [0.1, 0.15) is 11.0 Å². The zero-order chi connectivity index (χ0) is 23.9. The molecule has 0 spiro atoms. The van der Waals surface area contributed by atoms with Crippen molar-refractivity contribution in [1.29, 1.82) is 0 Å². The van der Waals surface area contributed by atoms with E-state index in [4.69, 9.17) is 11.6 Å². The second-order valence-electron chi connectivity index (χ2n) is 5.97. The molecule has 2 heterocycles. The van der Waals surface area contributed by atoms with Crippen molar-refractivity contribution in [1.82, 2.24) is 9.97 Å². The third-order valence-corrected chi connectivity index (χ3v) is 4.11. The maximum Gasteiger partial charge on any atom is 0.416 e. The number of halogens is 6. The van der Waals surface area contributed by atoms with Gasteiger partial charge in [-0.25, -0.2) is 19.0 Å². The molecule has 0 N–H and O–H groups in total. The molecule has 3 rings (SSSR count). The molecule has 0 unspecified atom stereocenters. The molecule has 0 atom stereocenters. The molecule has 0 saturated heterocycles. The van der Waals surface area contributed by atoms with Crippen LogP contribution < -0.4 is 0 Å². The van der Waals surface area contributed by atoms with Crippen LogP contribution in [0.25, 0.3) is 11.3 Å². The summed E-state index contributed by atoms with van der Waals surface area (Å²) in [4.78, 5) is 29.8. The lowest BCUT2D eigenvalue weighted by atomic mass is 10.1. The van der Waals surface area contributed by atoms with Gasteiger partial charge in [0.2, 0.25) is 0 Å². The van der Waals surface area contributed by atoms with Crippen LogP contribution >= 0.6 is 24.0 Å². The zero-order valence-corrected chi connectivity index (χ0v) is 18.6. The summed E-state index contributed by atoms with van der Waals surface area (Å²) in [6, 6.07) is 7.72. The fourth-order valence-corrected chi connectivity index (χ4v) is 2.54. The van der Waals surface area contributed by atoms with E-state index in [0.717, 1.165) is 12.1 Å². The van der Waals surface area contributed by atoms with Crippen LogP contribution in [0, 0.1) is 5.82 Å². The number of aromatic nitrogens is 2. The van der Waals surface area contributed by atoms with Crippen molar-refractivity contribution in [3.63, 3.8) is 0 Å². The first-order valence-corrected chi connectivity index (χ1v) is 9.06. The minimum atomic E-state index is -4.62. The molecule has 0 saturated carbocycles. The van der Waals surface area contributed by atoms with E-state index in [1.807, 2.05) is 0 Å². The number of carbonyl (C=O) groups is 2. The average Bonchev–Trinajstić information content (AvgIpc) is 2.77. The van der Waals surface area contributed by atoms with Crippen LogP contribution in [0.5, 0.6) is 0 Å². The standard InChI is InChI=1S/C14H9F4NO2.C7H6ClNO2.ClH/c1-21-13(20)8-4-5-19-12(6-8)10-3-2-9(7-11(10)15)14(16,17)18;1-11-7(10)5-2-3-9-6(8)4-5;/h2-7H,1H3;2-4H,1H3;1H. The summed E-state index contributed by atoms with van der Waals surface area (Å²) < 4.78 is 60.2. The maximum absolute atomic E-state index is 13.8. The van der Waals surface area contributed by atoms with Gasteiger partial charge in [-0.15, -0.1) is 12.4 Å². The van der Waals surface area contributed by atoms with Crippen molar-refractivity contribution in [3.05, 3.63) is 82.5 Å². The van der Waals surface area contributed by atoms with Gasteiger partial charge in [-0.05, 0) is 42.5 Å². The Hall–Kier alpha value is -3.24. The Bertz CT molecular complexity index is 1130. The van der Waals surface area contributed by atoms with Gasteiger partial charge in [-0.1, -0.05) is 11.6 Å². The van der Waals surface area contributed by atoms with Crippen molar-refractivity contribution < 1.29 is 36.6 Å². The number of esters is 2. The highest BCUT2D eigenvalue weighted by Gasteiger charge is 2.31. The minimum Gasteiger partial charge on any atom is -0.465 e. The predicted molar refractivity (Wildman–Crippen MR) is 114 cm³/mol. The first-order valence-electron chi connectivity index (χ1n) is 8.68. The summed E-state index contributed by atoms with van der Waals surface area (Å²) in [5.41, 5.74) is -0.639. The smallest absolute Gasteiger partial charge is 0.416 e. The molecule has 0 amide bonds. The van der Waals surface area contributed by atoms with Gasteiger partial charge in [0.05, 0.1) is 36.6 Å². The first kappa shape index (κ1) is 27.8. The molecule has 0 aliphatic rings. The number of hydrogen-bond acceptors (Lipinski definition) is 6. The van der Waals surface area contributed by atoms with Crippen LogP contribution in [-0.2, 0) is 15.7 Å². The van der Waals surface area contributed by atoms with Gasteiger partial charge in [-0.3, -0.25) is 4.98 Å². The molecule has 3 aromatic rings. The fourth-order valence-electron chi connectivity index (χ4n) is 2.37. The molecule has 0 aliphatic heterocycles. The van der Waals surface area contributed by atoms with Crippen molar-refractivity contribution >= 4 is 35.9 Å². The third-order valence-electron chi connectivity index (χ3n) is 3.90. The summed E-state index contributed by atoms with van der Waals surface area (Å²) in [5.74, 6) is -2.13. The Morgan fingerprint density at radius 3 is 1.91 bits per heavy atom. The van der Waals surface area contributed by atoms with Crippen LogP contribution in [0.4, 0.5) is 17.6 Å². The molecule has 0 radical (unpaired) electrons. The molecule has 2 aromatic heterocycles. The summed E-state index contributed by atoms with van der Waals surface area (Å²) in [5, 5.41) is 0.285. The SMILES string of the molecule is COC(=O)c1ccnc(-c2ccc(C(F)(F)F)cc2F)c1.COC(=O)c1ccnc(Cl)c1.Cl. The van der Waals surface area contributed by atoms with E-state index in [9.17, 15) is 27.2 Å². The number of ether oxygens (including phenoxy) is 2. The minimum absolute atomic E-state index is 0. The predicted octanol–water partition coefficient (Wildman–Crippen LogP) is 5.64. The van der Waals surface area contributed by atoms with E-state index in [1.54, 1.807) is 0 Å². The number of carbonyl (C=O) groups excluding carboxylic acids is 2. The van der Waals surface area contributed by atoms with E-state index in [-0.39, 0.29) is 34.4 Å². The summed E-state index contributed by atoms with van der Waals surface area (Å²) in [6.45, 7) is 0. The molecular weight excluding hydrogens is 491 g/mol. The average molecular weight is 507 g/mol. The fraction of sp³-hybridized carbons (Fsp3) is 0.143. The van der Waals surface area contributed by atoms with Crippen LogP contribution in [0.15, 0.2) is 54.9 Å². The van der Waals surface area contributed by atoms with E-state index in [0.29, 0.717) is 11.6 Å². The molecule has 12 heteroatoms. The molecule has 0 aliphatic carbocycles. The second-order valence-corrected chi connectivity index (χ2v) is 6.36. The summed E-state index contributed by atoms with van der Waals surface area (Å²) >= 11 is 5.53. The van der Waals surface area contributed by atoms with Crippen molar-refractivity contribution in [2.75, 3.05) is 14.2 Å². The summed E-state index contributed by atoms with van der Waals surface area (Å²) in [7, 11) is 2.50. The number of rotatable bonds is 3. The van der Waals surface area contributed by atoms with Gasteiger partial charge in [0, 0.05) is 18.0 Å². The molecule has 0 bridgehead atoms. The Balaban J connectivity index is 0.000000385. The Kier molecular flexibility index (Phi) is 10.2. The molecular formula is C21H16Cl2F4N2O4.